The van der Waals surface area contributed by atoms with E-state index >= 15 is 0 Å². The first-order chi connectivity index (χ1) is 14.1. The lowest BCUT2D eigenvalue weighted by Gasteiger charge is -2.11. The lowest BCUT2D eigenvalue weighted by Crippen LogP contribution is -2.13. The number of hydrogen-bond donors (Lipinski definition) is 1. The fourth-order valence-corrected chi connectivity index (χ4v) is 4.17. The Morgan fingerprint density at radius 1 is 1.14 bits per heavy atom. The van der Waals surface area contributed by atoms with Gasteiger partial charge in [0.2, 0.25) is 0 Å². The molecule has 0 aliphatic heterocycles. The van der Waals surface area contributed by atoms with E-state index in [1.807, 2.05) is 73.1 Å². The van der Waals surface area contributed by atoms with Crippen molar-refractivity contribution in [2.45, 2.75) is 24.5 Å². The molecule has 1 N–H and O–H groups in total. The average molecular weight is 404 g/mol. The van der Waals surface area contributed by atoms with E-state index in [1.165, 1.54) is 0 Å². The zero-order valence-corrected chi connectivity index (χ0v) is 16.9. The number of aromatic nitrogens is 3. The summed E-state index contributed by atoms with van der Waals surface area (Å²) >= 11 is 1.60. The van der Waals surface area contributed by atoms with Gasteiger partial charge in [0.05, 0.1) is 17.6 Å². The number of nitrogens with zero attached hydrogens (tertiary/aromatic N) is 3. The first-order valence-corrected chi connectivity index (χ1v) is 10.1. The summed E-state index contributed by atoms with van der Waals surface area (Å²) in [5.41, 5.74) is 4.32. The van der Waals surface area contributed by atoms with Gasteiger partial charge in [-0.1, -0.05) is 17.3 Å². The predicted molar refractivity (Wildman–Crippen MR) is 113 cm³/mol. The largest absolute Gasteiger partial charge is 0.361 e. The Bertz CT molecular complexity index is 1100. The van der Waals surface area contributed by atoms with Gasteiger partial charge in [0.25, 0.3) is 5.91 Å². The van der Waals surface area contributed by atoms with E-state index in [-0.39, 0.29) is 5.91 Å². The summed E-state index contributed by atoms with van der Waals surface area (Å²) in [5, 5.41) is 6.97. The van der Waals surface area contributed by atoms with Gasteiger partial charge in [-0.3, -0.25) is 4.79 Å². The molecule has 2 heterocycles. The van der Waals surface area contributed by atoms with Crippen LogP contribution in [0.1, 0.15) is 27.4 Å². The van der Waals surface area contributed by atoms with Crippen LogP contribution in [-0.2, 0) is 5.75 Å². The van der Waals surface area contributed by atoms with Gasteiger partial charge in [-0.15, -0.1) is 11.8 Å². The molecule has 2 aromatic carbocycles. The van der Waals surface area contributed by atoms with Crippen LogP contribution in [-0.4, -0.2) is 20.6 Å². The third-order valence-corrected chi connectivity index (χ3v) is 5.71. The van der Waals surface area contributed by atoms with Crippen LogP contribution in [0.4, 0.5) is 5.69 Å². The molecular weight excluding hydrogens is 384 g/mol. The molecule has 0 aliphatic rings. The number of hydrogen-bond acceptors (Lipinski definition) is 5. The minimum atomic E-state index is -0.137. The molecule has 7 heteroatoms. The normalized spacial score (nSPS) is 10.8. The zero-order chi connectivity index (χ0) is 20.2. The Labute approximate surface area is 173 Å². The second-order valence-electron chi connectivity index (χ2n) is 6.56. The van der Waals surface area contributed by atoms with Crippen molar-refractivity contribution in [3.8, 4) is 5.69 Å². The Kier molecular flexibility index (Phi) is 5.48. The van der Waals surface area contributed by atoms with Crippen LogP contribution in [0.5, 0.6) is 0 Å². The molecular formula is C22H20N4O2S. The van der Waals surface area contributed by atoms with Crippen LogP contribution < -0.4 is 5.32 Å². The number of carbonyl (C=O) groups is 1. The summed E-state index contributed by atoms with van der Waals surface area (Å²) < 4.78 is 7.14. The molecule has 1 amide bonds. The van der Waals surface area contributed by atoms with Gasteiger partial charge in [-0.25, -0.2) is 4.98 Å². The van der Waals surface area contributed by atoms with Crippen molar-refractivity contribution in [2.75, 3.05) is 5.32 Å². The minimum absolute atomic E-state index is 0.137. The van der Waals surface area contributed by atoms with Gasteiger partial charge in [-0.05, 0) is 50.2 Å². The number of benzene rings is 2. The van der Waals surface area contributed by atoms with Crippen LogP contribution in [0.15, 0.2) is 76.7 Å². The summed E-state index contributed by atoms with van der Waals surface area (Å²) in [6.07, 6.45) is 5.34. The van der Waals surface area contributed by atoms with Crippen molar-refractivity contribution in [3.63, 3.8) is 0 Å². The molecule has 2 aromatic heterocycles. The number of carbonyl (C=O) groups excluding carboxylic acids is 1. The van der Waals surface area contributed by atoms with E-state index in [9.17, 15) is 4.79 Å². The van der Waals surface area contributed by atoms with Gasteiger partial charge < -0.3 is 14.4 Å². The molecule has 4 aromatic rings. The Morgan fingerprint density at radius 3 is 2.62 bits per heavy atom. The van der Waals surface area contributed by atoms with Crippen LogP contribution in [0, 0.1) is 13.8 Å². The highest BCUT2D eigenvalue weighted by Crippen LogP contribution is 2.29. The molecule has 0 fully saturated rings. The predicted octanol–water partition coefficient (Wildman–Crippen LogP) is 5.02. The maximum absolute atomic E-state index is 12.9. The molecule has 29 heavy (non-hydrogen) atoms. The number of rotatable bonds is 6. The molecule has 0 unspecified atom stereocenters. The number of thioether (sulfide) groups is 1. The second-order valence-corrected chi connectivity index (χ2v) is 7.58. The van der Waals surface area contributed by atoms with Crippen molar-refractivity contribution < 1.29 is 9.32 Å². The molecule has 0 atom stereocenters. The molecule has 0 bridgehead atoms. The van der Waals surface area contributed by atoms with Gasteiger partial charge in [0.1, 0.15) is 5.76 Å². The zero-order valence-electron chi connectivity index (χ0n) is 16.1. The molecule has 0 aliphatic carbocycles. The molecule has 0 radical (unpaired) electrons. The van der Waals surface area contributed by atoms with Gasteiger partial charge in [-0.2, -0.15) is 0 Å². The number of aryl methyl sites for hydroxylation is 2. The fraction of sp³-hybridized carbons (Fsp3) is 0.136. The first-order valence-electron chi connectivity index (χ1n) is 9.15. The molecule has 146 valence electrons. The van der Waals surface area contributed by atoms with Crippen molar-refractivity contribution in [3.05, 3.63) is 89.8 Å². The fourth-order valence-electron chi connectivity index (χ4n) is 2.97. The van der Waals surface area contributed by atoms with Gasteiger partial charge >= 0.3 is 0 Å². The SMILES string of the molecule is Cc1noc(C)c1CSc1ccccc1C(=O)Nc1ccc(-n2ccnc2)cc1. The molecule has 0 saturated carbocycles. The number of imidazole rings is 1. The lowest BCUT2D eigenvalue weighted by atomic mass is 10.2. The van der Waals surface area contributed by atoms with Crippen molar-refractivity contribution in [1.29, 1.82) is 0 Å². The number of amides is 1. The molecule has 0 saturated heterocycles. The lowest BCUT2D eigenvalue weighted by molar-refractivity contribution is 0.102. The first kappa shape index (κ1) is 19.0. The highest BCUT2D eigenvalue weighted by atomic mass is 32.2. The van der Waals surface area contributed by atoms with Crippen molar-refractivity contribution in [2.24, 2.45) is 0 Å². The summed E-state index contributed by atoms with van der Waals surface area (Å²) in [4.78, 5) is 17.8. The van der Waals surface area contributed by atoms with E-state index in [4.69, 9.17) is 4.52 Å². The van der Waals surface area contributed by atoms with E-state index in [0.717, 1.165) is 33.3 Å². The van der Waals surface area contributed by atoms with Gasteiger partial charge in [0.15, 0.2) is 0 Å². The minimum Gasteiger partial charge on any atom is -0.361 e. The molecule has 0 spiro atoms. The van der Waals surface area contributed by atoms with Crippen LogP contribution in [0.2, 0.25) is 0 Å². The van der Waals surface area contributed by atoms with Crippen molar-refractivity contribution in [1.82, 2.24) is 14.7 Å². The summed E-state index contributed by atoms with van der Waals surface area (Å²) in [6.45, 7) is 3.83. The average Bonchev–Trinajstić information content (AvgIpc) is 3.38. The van der Waals surface area contributed by atoms with E-state index in [1.54, 1.807) is 24.3 Å². The highest BCUT2D eigenvalue weighted by molar-refractivity contribution is 7.98. The monoisotopic (exact) mass is 404 g/mol. The number of nitrogens with one attached hydrogen (secondary N) is 1. The Balaban J connectivity index is 1.47. The van der Waals surface area contributed by atoms with Crippen LogP contribution in [0.25, 0.3) is 5.69 Å². The standard InChI is InChI=1S/C22H20N4O2S/c1-15-20(16(2)28-25-15)13-29-21-6-4-3-5-19(21)22(27)24-17-7-9-18(10-8-17)26-12-11-23-14-26/h3-12,14H,13H2,1-2H3,(H,24,27). The van der Waals surface area contributed by atoms with Crippen LogP contribution in [0.3, 0.4) is 0 Å². The maximum atomic E-state index is 12.9. The van der Waals surface area contributed by atoms with E-state index in [0.29, 0.717) is 11.3 Å². The second kappa shape index (κ2) is 8.36. The quantitative estimate of drug-likeness (QED) is 0.457. The third-order valence-electron chi connectivity index (χ3n) is 4.61. The van der Waals surface area contributed by atoms with Gasteiger partial charge in [0, 0.05) is 40.0 Å². The van der Waals surface area contributed by atoms with Crippen LogP contribution >= 0.6 is 11.8 Å². The Hall–Kier alpha value is -3.32. The van der Waals surface area contributed by atoms with E-state index < -0.39 is 0 Å². The molecule has 4 rings (SSSR count). The molecule has 6 nitrogen and oxygen atoms in total. The smallest absolute Gasteiger partial charge is 0.256 e. The maximum Gasteiger partial charge on any atom is 0.256 e. The highest BCUT2D eigenvalue weighted by Gasteiger charge is 2.14. The van der Waals surface area contributed by atoms with Crippen molar-refractivity contribution >= 4 is 23.4 Å². The van der Waals surface area contributed by atoms with E-state index in [2.05, 4.69) is 15.5 Å². The summed E-state index contributed by atoms with van der Waals surface area (Å²) in [6, 6.07) is 15.2. The number of anilines is 1. The summed E-state index contributed by atoms with van der Waals surface area (Å²) in [5.74, 6) is 1.38. The Morgan fingerprint density at radius 2 is 1.93 bits per heavy atom. The topological polar surface area (TPSA) is 73.0 Å². The summed E-state index contributed by atoms with van der Waals surface area (Å²) in [7, 11) is 0. The third kappa shape index (κ3) is 4.25.